The van der Waals surface area contributed by atoms with Gasteiger partial charge in [-0.25, -0.2) is 0 Å². The Bertz CT molecular complexity index is 991. The second-order valence-electron chi connectivity index (χ2n) is 7.09. The summed E-state index contributed by atoms with van der Waals surface area (Å²) in [7, 11) is 0. The minimum atomic E-state index is 0.133. The lowest BCUT2D eigenvalue weighted by Crippen LogP contribution is -2.41. The van der Waals surface area contributed by atoms with Crippen molar-refractivity contribution in [3.05, 3.63) is 72.7 Å². The third-order valence-corrected chi connectivity index (χ3v) is 5.12. The van der Waals surface area contributed by atoms with Crippen LogP contribution in [0.1, 0.15) is 11.1 Å². The SMILES string of the molecule is C=CCn1cc(CC(=O)N2CCOCC2)c2cc(OCc3ccncc3)ccc21. The van der Waals surface area contributed by atoms with E-state index < -0.39 is 0 Å². The quantitative estimate of drug-likeness (QED) is 0.581. The molecule has 1 aromatic carbocycles. The summed E-state index contributed by atoms with van der Waals surface area (Å²) < 4.78 is 13.5. The van der Waals surface area contributed by atoms with Crippen molar-refractivity contribution in [2.75, 3.05) is 26.3 Å². The van der Waals surface area contributed by atoms with Crippen LogP contribution in [-0.4, -0.2) is 46.7 Å². The predicted octanol–water partition coefficient (Wildman–Crippen LogP) is 3.20. The van der Waals surface area contributed by atoms with Crippen LogP contribution in [0.15, 0.2) is 61.6 Å². The molecule has 4 rings (SSSR count). The van der Waals surface area contributed by atoms with Crippen LogP contribution >= 0.6 is 0 Å². The molecular formula is C23H25N3O3. The van der Waals surface area contributed by atoms with Crippen molar-refractivity contribution < 1.29 is 14.3 Å². The zero-order valence-electron chi connectivity index (χ0n) is 16.4. The van der Waals surface area contributed by atoms with Crippen LogP contribution < -0.4 is 4.74 Å². The van der Waals surface area contributed by atoms with Gasteiger partial charge in [-0.1, -0.05) is 6.08 Å². The summed E-state index contributed by atoms with van der Waals surface area (Å²) in [6.07, 6.45) is 7.80. The van der Waals surface area contributed by atoms with Gasteiger partial charge in [-0.3, -0.25) is 9.78 Å². The molecule has 1 saturated heterocycles. The van der Waals surface area contributed by atoms with Gasteiger partial charge in [0.05, 0.1) is 19.6 Å². The molecule has 3 heterocycles. The topological polar surface area (TPSA) is 56.6 Å². The average Bonchev–Trinajstić information content (AvgIpc) is 3.10. The fourth-order valence-corrected chi connectivity index (χ4v) is 3.60. The minimum absolute atomic E-state index is 0.133. The lowest BCUT2D eigenvalue weighted by Gasteiger charge is -2.26. The fourth-order valence-electron chi connectivity index (χ4n) is 3.60. The smallest absolute Gasteiger partial charge is 0.227 e. The first kappa shape index (κ1) is 19.2. The van der Waals surface area contributed by atoms with Gasteiger partial charge >= 0.3 is 0 Å². The Morgan fingerprint density at radius 3 is 2.76 bits per heavy atom. The van der Waals surface area contributed by atoms with Crippen molar-refractivity contribution in [1.29, 1.82) is 0 Å². The van der Waals surface area contributed by atoms with Crippen molar-refractivity contribution in [1.82, 2.24) is 14.5 Å². The first-order chi connectivity index (χ1) is 14.2. The molecular weight excluding hydrogens is 366 g/mol. The number of carbonyl (C=O) groups excluding carboxylic acids is 1. The Balaban J connectivity index is 1.58. The molecule has 1 amide bonds. The summed E-state index contributed by atoms with van der Waals surface area (Å²) >= 11 is 0. The van der Waals surface area contributed by atoms with E-state index in [0.29, 0.717) is 45.9 Å². The van der Waals surface area contributed by atoms with E-state index in [-0.39, 0.29) is 5.91 Å². The largest absolute Gasteiger partial charge is 0.489 e. The van der Waals surface area contributed by atoms with Gasteiger partial charge in [0.1, 0.15) is 12.4 Å². The molecule has 1 aliphatic heterocycles. The molecule has 1 fully saturated rings. The maximum Gasteiger partial charge on any atom is 0.227 e. The number of hydrogen-bond acceptors (Lipinski definition) is 4. The summed E-state index contributed by atoms with van der Waals surface area (Å²) in [5.41, 5.74) is 3.14. The number of amides is 1. The van der Waals surface area contributed by atoms with E-state index in [1.54, 1.807) is 12.4 Å². The summed E-state index contributed by atoms with van der Waals surface area (Å²) in [5, 5.41) is 1.04. The first-order valence-corrected chi connectivity index (χ1v) is 9.84. The number of hydrogen-bond donors (Lipinski definition) is 0. The number of aromatic nitrogens is 2. The van der Waals surface area contributed by atoms with Crippen LogP contribution in [0.2, 0.25) is 0 Å². The van der Waals surface area contributed by atoms with Crippen LogP contribution in [0.4, 0.5) is 0 Å². The van der Waals surface area contributed by atoms with E-state index in [4.69, 9.17) is 9.47 Å². The van der Waals surface area contributed by atoms with E-state index in [1.165, 1.54) is 0 Å². The number of fused-ring (bicyclic) bond motifs is 1. The monoisotopic (exact) mass is 391 g/mol. The van der Waals surface area contributed by atoms with E-state index in [9.17, 15) is 4.79 Å². The summed E-state index contributed by atoms with van der Waals surface area (Å²) in [6, 6.07) is 9.91. The van der Waals surface area contributed by atoms with Gasteiger partial charge < -0.3 is 18.9 Å². The summed E-state index contributed by atoms with van der Waals surface area (Å²) in [5.74, 6) is 0.916. The molecule has 0 atom stereocenters. The predicted molar refractivity (Wildman–Crippen MR) is 112 cm³/mol. The highest BCUT2D eigenvalue weighted by Crippen LogP contribution is 2.27. The van der Waals surface area contributed by atoms with Crippen molar-refractivity contribution in [3.63, 3.8) is 0 Å². The van der Waals surface area contributed by atoms with Crippen LogP contribution in [0, 0.1) is 0 Å². The Labute approximate surface area is 170 Å². The van der Waals surface area contributed by atoms with Gasteiger partial charge in [0.25, 0.3) is 0 Å². The lowest BCUT2D eigenvalue weighted by atomic mass is 10.1. The number of pyridine rings is 1. The van der Waals surface area contributed by atoms with E-state index in [0.717, 1.165) is 27.8 Å². The highest BCUT2D eigenvalue weighted by atomic mass is 16.5. The van der Waals surface area contributed by atoms with Crippen LogP contribution in [-0.2, 0) is 29.1 Å². The number of ether oxygens (including phenoxy) is 2. The Morgan fingerprint density at radius 2 is 2.00 bits per heavy atom. The maximum atomic E-state index is 12.8. The number of allylic oxidation sites excluding steroid dienone is 1. The van der Waals surface area contributed by atoms with Gasteiger partial charge in [0.2, 0.25) is 5.91 Å². The molecule has 0 saturated carbocycles. The normalized spacial score (nSPS) is 14.1. The highest BCUT2D eigenvalue weighted by Gasteiger charge is 2.19. The van der Waals surface area contributed by atoms with Gasteiger partial charge in [0.15, 0.2) is 0 Å². The standard InChI is InChI=1S/C23H25N3O3/c1-2-9-26-16-19(14-23(27)25-10-12-28-13-11-25)21-15-20(3-4-22(21)26)29-17-18-5-7-24-8-6-18/h2-8,15-16H,1,9-14,17H2. The molecule has 1 aliphatic rings. The molecule has 3 aromatic rings. The molecule has 0 N–H and O–H groups in total. The van der Waals surface area contributed by atoms with Gasteiger partial charge in [-0.15, -0.1) is 6.58 Å². The third-order valence-electron chi connectivity index (χ3n) is 5.12. The molecule has 2 aromatic heterocycles. The van der Waals surface area contributed by atoms with Crippen LogP contribution in [0.5, 0.6) is 5.75 Å². The van der Waals surface area contributed by atoms with Gasteiger partial charge in [-0.2, -0.15) is 0 Å². The second kappa shape index (κ2) is 8.92. The van der Waals surface area contributed by atoms with Crippen molar-refractivity contribution in [2.24, 2.45) is 0 Å². The molecule has 0 aliphatic carbocycles. The number of carbonyl (C=O) groups is 1. The number of rotatable bonds is 7. The highest BCUT2D eigenvalue weighted by molar-refractivity contribution is 5.90. The molecule has 150 valence electrons. The molecule has 0 bridgehead atoms. The van der Waals surface area contributed by atoms with Crippen LogP contribution in [0.3, 0.4) is 0 Å². The van der Waals surface area contributed by atoms with E-state index in [2.05, 4.69) is 22.3 Å². The third kappa shape index (κ3) is 4.49. The Hall–Kier alpha value is -3.12. The van der Waals surface area contributed by atoms with E-state index >= 15 is 0 Å². The second-order valence-corrected chi connectivity index (χ2v) is 7.09. The molecule has 0 unspecified atom stereocenters. The number of nitrogens with zero attached hydrogens (tertiary/aromatic N) is 3. The molecule has 29 heavy (non-hydrogen) atoms. The average molecular weight is 391 g/mol. The van der Waals surface area contributed by atoms with E-state index in [1.807, 2.05) is 41.3 Å². The molecule has 6 nitrogen and oxygen atoms in total. The first-order valence-electron chi connectivity index (χ1n) is 9.84. The summed E-state index contributed by atoms with van der Waals surface area (Å²) in [6.45, 7) is 7.55. The molecule has 0 spiro atoms. The summed E-state index contributed by atoms with van der Waals surface area (Å²) in [4.78, 5) is 18.7. The molecule has 0 radical (unpaired) electrons. The van der Waals surface area contributed by atoms with Gasteiger partial charge in [0, 0.05) is 49.1 Å². The Morgan fingerprint density at radius 1 is 1.21 bits per heavy atom. The van der Waals surface area contributed by atoms with Crippen molar-refractivity contribution in [3.8, 4) is 5.75 Å². The van der Waals surface area contributed by atoms with Crippen molar-refractivity contribution in [2.45, 2.75) is 19.6 Å². The number of benzene rings is 1. The molecule has 6 heteroatoms. The minimum Gasteiger partial charge on any atom is -0.489 e. The number of morpholine rings is 1. The lowest BCUT2D eigenvalue weighted by molar-refractivity contribution is -0.134. The van der Waals surface area contributed by atoms with Crippen LogP contribution in [0.25, 0.3) is 10.9 Å². The zero-order chi connectivity index (χ0) is 20.1. The van der Waals surface area contributed by atoms with Crippen molar-refractivity contribution >= 4 is 16.8 Å². The Kier molecular flexibility index (Phi) is 5.91. The maximum absolute atomic E-state index is 12.8. The fraction of sp³-hybridized carbons (Fsp3) is 0.304. The zero-order valence-corrected chi connectivity index (χ0v) is 16.4. The van der Waals surface area contributed by atoms with Gasteiger partial charge in [-0.05, 0) is 41.5 Å².